The maximum absolute atomic E-state index is 10.1. The fourth-order valence-electron chi connectivity index (χ4n) is 3.62. The lowest BCUT2D eigenvalue weighted by Gasteiger charge is -2.42. The van der Waals surface area contributed by atoms with E-state index in [1.165, 1.54) is 0 Å². The van der Waals surface area contributed by atoms with Crippen LogP contribution in [0.3, 0.4) is 0 Å². The Labute approximate surface area is 154 Å². The van der Waals surface area contributed by atoms with Crippen LogP contribution >= 0.6 is 0 Å². The van der Waals surface area contributed by atoms with Crippen LogP contribution in [0.5, 0.6) is 0 Å². The number of rotatable bonds is 6. The van der Waals surface area contributed by atoms with E-state index in [1.54, 1.807) is 0 Å². The Bertz CT molecular complexity index is 562. The Balaban J connectivity index is 2.15. The third-order valence-corrected chi connectivity index (χ3v) is 5.17. The fourth-order valence-corrected chi connectivity index (χ4v) is 3.62. The average Bonchev–Trinajstić information content (AvgIpc) is 2.57. The molecule has 6 atom stereocenters. The zero-order chi connectivity index (χ0) is 19.6. The number of aliphatic hydroxyl groups is 3. The van der Waals surface area contributed by atoms with Gasteiger partial charge in [0.15, 0.2) is 6.29 Å². The molecule has 0 aromatic carbocycles. The molecule has 0 aliphatic carbocycles. The van der Waals surface area contributed by atoms with Crippen LogP contribution in [0, 0.1) is 0 Å². The van der Waals surface area contributed by atoms with Crippen molar-refractivity contribution in [2.24, 2.45) is 11.5 Å². The van der Waals surface area contributed by atoms with Gasteiger partial charge in [0.25, 0.3) is 0 Å². The van der Waals surface area contributed by atoms with Gasteiger partial charge in [-0.1, -0.05) is 6.08 Å². The highest BCUT2D eigenvalue weighted by atomic mass is 16.6. The lowest BCUT2D eigenvalue weighted by Crippen LogP contribution is -2.53. The van der Waals surface area contributed by atoms with Crippen molar-refractivity contribution in [2.75, 3.05) is 19.8 Å². The van der Waals surface area contributed by atoms with Crippen LogP contribution in [-0.2, 0) is 14.2 Å². The molecule has 0 bridgehead atoms. The number of nitrogens with two attached hydrogens (primary N) is 2. The van der Waals surface area contributed by atoms with E-state index in [1.807, 2.05) is 33.8 Å². The van der Waals surface area contributed by atoms with E-state index in [9.17, 15) is 15.3 Å². The van der Waals surface area contributed by atoms with Crippen molar-refractivity contribution in [2.45, 2.75) is 70.0 Å². The Hall–Kier alpha value is -0.840. The van der Waals surface area contributed by atoms with Gasteiger partial charge in [0.05, 0.1) is 37.5 Å². The molecule has 150 valence electrons. The van der Waals surface area contributed by atoms with Gasteiger partial charge >= 0.3 is 0 Å². The zero-order valence-corrected chi connectivity index (χ0v) is 15.9. The van der Waals surface area contributed by atoms with E-state index < -0.39 is 36.2 Å². The lowest BCUT2D eigenvalue weighted by molar-refractivity contribution is -0.160. The van der Waals surface area contributed by atoms with Gasteiger partial charge in [0, 0.05) is 0 Å². The van der Waals surface area contributed by atoms with Crippen LogP contribution in [-0.4, -0.2) is 77.4 Å². The minimum absolute atomic E-state index is 0.119. The highest BCUT2D eigenvalue weighted by Crippen LogP contribution is 2.34. The van der Waals surface area contributed by atoms with Gasteiger partial charge in [0.1, 0.15) is 18.3 Å². The molecule has 2 aliphatic heterocycles. The smallest absolute Gasteiger partial charge is 0.174 e. The second-order valence-corrected chi connectivity index (χ2v) is 7.48. The van der Waals surface area contributed by atoms with Crippen molar-refractivity contribution in [1.82, 2.24) is 0 Å². The molecule has 0 aromatic heterocycles. The maximum atomic E-state index is 10.1. The second-order valence-electron chi connectivity index (χ2n) is 7.48. The molecule has 0 amide bonds. The average molecular weight is 372 g/mol. The van der Waals surface area contributed by atoms with Gasteiger partial charge in [-0.15, -0.1) is 0 Å². The zero-order valence-electron chi connectivity index (χ0n) is 15.9. The van der Waals surface area contributed by atoms with Gasteiger partial charge in [-0.3, -0.25) is 0 Å². The van der Waals surface area contributed by atoms with E-state index in [0.29, 0.717) is 5.57 Å². The Morgan fingerprint density at radius 2 is 1.73 bits per heavy atom. The molecule has 2 heterocycles. The molecule has 4 unspecified atom stereocenters. The molecule has 0 aromatic rings. The summed E-state index contributed by atoms with van der Waals surface area (Å²) in [4.78, 5) is 0. The molecule has 26 heavy (non-hydrogen) atoms. The number of hydrogen-bond donors (Lipinski definition) is 5. The molecule has 0 fully saturated rings. The third-order valence-electron chi connectivity index (χ3n) is 5.17. The first-order chi connectivity index (χ1) is 12.1. The molecule has 7 N–H and O–H groups in total. The standard InChI is InChI=1S/C18H32N2O6/c1-9-5-11(19)14(25-12(9)6-21)8-24-18(3,4)15-10(2)13(7-22)26-17(23)16(15)20/h5,11-14,16-17,21-23H,6-8,19-20H2,1-4H3/t11-,12?,13?,14?,16-,17?/m0/s1. The summed E-state index contributed by atoms with van der Waals surface area (Å²) in [7, 11) is 0. The molecule has 0 saturated carbocycles. The summed E-state index contributed by atoms with van der Waals surface area (Å²) in [5.41, 5.74) is 13.7. The van der Waals surface area contributed by atoms with E-state index in [-0.39, 0.29) is 25.9 Å². The van der Waals surface area contributed by atoms with E-state index in [2.05, 4.69) is 0 Å². The molecule has 8 nitrogen and oxygen atoms in total. The Morgan fingerprint density at radius 3 is 2.31 bits per heavy atom. The minimum atomic E-state index is -1.22. The van der Waals surface area contributed by atoms with Crippen molar-refractivity contribution >= 4 is 0 Å². The Morgan fingerprint density at radius 1 is 1.12 bits per heavy atom. The highest BCUT2D eigenvalue weighted by molar-refractivity contribution is 5.32. The predicted octanol–water partition coefficient (Wildman–Crippen LogP) is -0.832. The summed E-state index contributed by atoms with van der Waals surface area (Å²) in [6.07, 6.45) is -0.766. The van der Waals surface area contributed by atoms with Crippen molar-refractivity contribution < 1.29 is 29.5 Å². The molecule has 2 aliphatic rings. The summed E-state index contributed by atoms with van der Waals surface area (Å²) >= 11 is 0. The second kappa shape index (κ2) is 8.45. The van der Waals surface area contributed by atoms with Crippen LogP contribution in [0.4, 0.5) is 0 Å². The molecule has 2 rings (SSSR count). The normalized spacial score (nSPS) is 36.3. The molecule has 0 saturated heterocycles. The van der Waals surface area contributed by atoms with Crippen LogP contribution in [0.25, 0.3) is 0 Å². The van der Waals surface area contributed by atoms with Crippen LogP contribution in [0.15, 0.2) is 22.8 Å². The molecular formula is C18H32N2O6. The SMILES string of the molecule is CC1=C[C@H](N)C(COC(C)(C)C2=C(C)C(CO)OC(O)[C@H]2N)OC1CO. The van der Waals surface area contributed by atoms with E-state index >= 15 is 0 Å². The first kappa shape index (κ1) is 21.5. The van der Waals surface area contributed by atoms with Gasteiger partial charge in [-0.05, 0) is 44.4 Å². The van der Waals surface area contributed by atoms with Crippen molar-refractivity contribution in [3.8, 4) is 0 Å². The summed E-state index contributed by atoms with van der Waals surface area (Å²) in [5, 5.41) is 29.0. The van der Waals surface area contributed by atoms with Gasteiger partial charge in [-0.25, -0.2) is 0 Å². The van der Waals surface area contributed by atoms with Gasteiger partial charge in [-0.2, -0.15) is 0 Å². The molecule has 0 radical (unpaired) electrons. The van der Waals surface area contributed by atoms with Crippen molar-refractivity contribution in [1.29, 1.82) is 0 Å². The summed E-state index contributed by atoms with van der Waals surface area (Å²) in [6.45, 7) is 7.18. The maximum Gasteiger partial charge on any atom is 0.174 e. The first-order valence-electron chi connectivity index (χ1n) is 8.87. The fraction of sp³-hybridized carbons (Fsp3) is 0.778. The first-order valence-corrected chi connectivity index (χ1v) is 8.87. The highest BCUT2D eigenvalue weighted by Gasteiger charge is 2.41. The third kappa shape index (κ3) is 4.35. The topological polar surface area (TPSA) is 140 Å². The lowest BCUT2D eigenvalue weighted by atomic mass is 9.83. The number of ether oxygens (including phenoxy) is 3. The molecule has 0 spiro atoms. The van der Waals surface area contributed by atoms with Gasteiger partial charge < -0.3 is 41.0 Å². The molecular weight excluding hydrogens is 340 g/mol. The van der Waals surface area contributed by atoms with E-state index in [0.717, 1.165) is 11.1 Å². The largest absolute Gasteiger partial charge is 0.393 e. The quantitative estimate of drug-likeness (QED) is 0.381. The monoisotopic (exact) mass is 372 g/mol. The molecule has 8 heteroatoms. The van der Waals surface area contributed by atoms with Crippen molar-refractivity contribution in [3.05, 3.63) is 22.8 Å². The summed E-state index contributed by atoms with van der Waals surface area (Å²) < 4.78 is 17.2. The van der Waals surface area contributed by atoms with Crippen LogP contribution < -0.4 is 11.5 Å². The van der Waals surface area contributed by atoms with Crippen LogP contribution in [0.2, 0.25) is 0 Å². The number of aliphatic hydroxyl groups excluding tert-OH is 3. The minimum Gasteiger partial charge on any atom is -0.393 e. The summed E-state index contributed by atoms with van der Waals surface area (Å²) in [5.74, 6) is 0. The Kier molecular flexibility index (Phi) is 6.98. The van der Waals surface area contributed by atoms with Crippen molar-refractivity contribution in [3.63, 3.8) is 0 Å². The van der Waals surface area contributed by atoms with Gasteiger partial charge in [0.2, 0.25) is 0 Å². The van der Waals surface area contributed by atoms with Crippen LogP contribution in [0.1, 0.15) is 27.7 Å². The number of hydrogen-bond acceptors (Lipinski definition) is 8. The summed E-state index contributed by atoms with van der Waals surface area (Å²) in [6, 6.07) is -1.11. The predicted molar refractivity (Wildman–Crippen MR) is 96.2 cm³/mol. The van der Waals surface area contributed by atoms with E-state index in [4.69, 9.17) is 25.7 Å².